The minimum atomic E-state index is -0.716. The van der Waals surface area contributed by atoms with Crippen molar-refractivity contribution in [1.29, 1.82) is 5.26 Å². The average Bonchev–Trinajstić information content (AvgIpc) is 3.11. The number of amides is 2. The van der Waals surface area contributed by atoms with Crippen LogP contribution in [0.25, 0.3) is 0 Å². The molecule has 1 aromatic rings. The van der Waals surface area contributed by atoms with E-state index in [4.69, 9.17) is 16.3 Å². The molecule has 0 spiro atoms. The van der Waals surface area contributed by atoms with E-state index in [0.717, 1.165) is 6.42 Å². The van der Waals surface area contributed by atoms with Crippen molar-refractivity contribution in [2.45, 2.75) is 51.8 Å². The van der Waals surface area contributed by atoms with Crippen molar-refractivity contribution < 1.29 is 14.3 Å². The van der Waals surface area contributed by atoms with Gasteiger partial charge in [0.15, 0.2) is 5.15 Å². The number of ether oxygens (including phenoxy) is 1. The standard InChI is InChI=1S/C16H22ClN5O3S/c1-9(19-15(24)25-16(2,3)4)13(23)20-10-5-6-22(8-10)14-11(7-18)12(17)21-26-14/h9-10H,5-6,8H2,1-4H3,(H,19,24)(H,20,23). The lowest BCUT2D eigenvalue weighted by Crippen LogP contribution is -2.49. The topological polar surface area (TPSA) is 107 Å². The number of aromatic nitrogens is 1. The number of hydrogen-bond donors (Lipinski definition) is 2. The zero-order valence-corrected chi connectivity index (χ0v) is 16.7. The van der Waals surface area contributed by atoms with Gasteiger partial charge in [0.1, 0.15) is 28.3 Å². The van der Waals surface area contributed by atoms with Crippen LogP contribution >= 0.6 is 23.1 Å². The maximum atomic E-state index is 12.3. The van der Waals surface area contributed by atoms with Gasteiger partial charge in [0.2, 0.25) is 5.91 Å². The zero-order valence-electron chi connectivity index (χ0n) is 15.1. The van der Waals surface area contributed by atoms with E-state index in [2.05, 4.69) is 21.1 Å². The number of rotatable bonds is 4. The summed E-state index contributed by atoms with van der Waals surface area (Å²) >= 11 is 7.08. The van der Waals surface area contributed by atoms with Gasteiger partial charge in [0, 0.05) is 19.1 Å². The maximum Gasteiger partial charge on any atom is 0.408 e. The Morgan fingerprint density at radius 2 is 2.19 bits per heavy atom. The summed E-state index contributed by atoms with van der Waals surface area (Å²) < 4.78 is 9.15. The highest BCUT2D eigenvalue weighted by atomic mass is 35.5. The Morgan fingerprint density at radius 3 is 2.81 bits per heavy atom. The van der Waals surface area contributed by atoms with Gasteiger partial charge < -0.3 is 20.3 Å². The molecule has 142 valence electrons. The van der Waals surface area contributed by atoms with Crippen molar-refractivity contribution >= 4 is 40.1 Å². The van der Waals surface area contributed by atoms with E-state index in [9.17, 15) is 14.9 Å². The minimum Gasteiger partial charge on any atom is -0.444 e. The lowest BCUT2D eigenvalue weighted by Gasteiger charge is -2.22. The molecule has 8 nitrogen and oxygen atoms in total. The second-order valence-electron chi connectivity index (χ2n) is 7.07. The minimum absolute atomic E-state index is 0.0854. The molecule has 2 unspecified atom stereocenters. The van der Waals surface area contributed by atoms with Crippen LogP contribution in [0.3, 0.4) is 0 Å². The summed E-state index contributed by atoms with van der Waals surface area (Å²) in [4.78, 5) is 26.0. The predicted molar refractivity (Wildman–Crippen MR) is 99.4 cm³/mol. The number of carbonyl (C=O) groups excluding carboxylic acids is 2. The SMILES string of the molecule is CC(NC(=O)OC(C)(C)C)C(=O)NC1CCN(c2snc(Cl)c2C#N)C1. The lowest BCUT2D eigenvalue weighted by atomic mass is 10.2. The van der Waals surface area contributed by atoms with Crippen LogP contribution in [-0.4, -0.2) is 47.1 Å². The van der Waals surface area contributed by atoms with E-state index in [1.807, 2.05) is 4.90 Å². The summed E-state index contributed by atoms with van der Waals surface area (Å²) in [7, 11) is 0. The largest absolute Gasteiger partial charge is 0.444 e. The van der Waals surface area contributed by atoms with Crippen LogP contribution in [0.1, 0.15) is 39.7 Å². The Labute approximate surface area is 161 Å². The average molecular weight is 400 g/mol. The van der Waals surface area contributed by atoms with Gasteiger partial charge in [0.25, 0.3) is 0 Å². The first kappa shape index (κ1) is 20.3. The number of hydrogen-bond acceptors (Lipinski definition) is 7. The molecule has 0 aliphatic carbocycles. The van der Waals surface area contributed by atoms with E-state index >= 15 is 0 Å². The number of alkyl carbamates (subject to hydrolysis) is 1. The molecule has 2 atom stereocenters. The first-order chi connectivity index (χ1) is 12.1. The molecule has 2 amide bonds. The molecule has 1 aliphatic heterocycles. The molecule has 2 N–H and O–H groups in total. The van der Waals surface area contributed by atoms with Crippen molar-refractivity contribution in [3.63, 3.8) is 0 Å². The van der Waals surface area contributed by atoms with E-state index in [-0.39, 0.29) is 17.1 Å². The molecule has 0 aromatic carbocycles. The van der Waals surface area contributed by atoms with Crippen LogP contribution in [0, 0.1) is 11.3 Å². The van der Waals surface area contributed by atoms with Crippen molar-refractivity contribution in [2.24, 2.45) is 0 Å². The molecule has 2 rings (SSSR count). The monoisotopic (exact) mass is 399 g/mol. The molecule has 10 heteroatoms. The first-order valence-corrected chi connectivity index (χ1v) is 9.36. The molecule has 0 saturated carbocycles. The summed E-state index contributed by atoms with van der Waals surface area (Å²) in [6, 6.07) is 1.26. The van der Waals surface area contributed by atoms with Crippen molar-refractivity contribution in [2.75, 3.05) is 18.0 Å². The van der Waals surface area contributed by atoms with Crippen LogP contribution in [0.5, 0.6) is 0 Å². The first-order valence-electron chi connectivity index (χ1n) is 8.21. The number of carbonyl (C=O) groups is 2. The van der Waals surface area contributed by atoms with E-state index in [1.54, 1.807) is 27.7 Å². The molecule has 0 bridgehead atoms. The van der Waals surface area contributed by atoms with Gasteiger partial charge >= 0.3 is 6.09 Å². The summed E-state index contributed by atoms with van der Waals surface area (Å²) in [5.74, 6) is -0.287. The normalized spacial score (nSPS) is 18.2. The highest BCUT2D eigenvalue weighted by molar-refractivity contribution is 7.10. The molecule has 1 aliphatic rings. The van der Waals surface area contributed by atoms with Crippen molar-refractivity contribution in [1.82, 2.24) is 15.0 Å². The van der Waals surface area contributed by atoms with Gasteiger partial charge in [-0.15, -0.1) is 0 Å². The predicted octanol–water partition coefficient (Wildman–Crippen LogP) is 2.28. The van der Waals surface area contributed by atoms with Crippen LogP contribution in [0.2, 0.25) is 5.15 Å². The van der Waals surface area contributed by atoms with E-state index in [0.29, 0.717) is 23.7 Å². The Morgan fingerprint density at radius 1 is 1.50 bits per heavy atom. The lowest BCUT2D eigenvalue weighted by molar-refractivity contribution is -0.123. The maximum absolute atomic E-state index is 12.3. The molecule has 1 aromatic heterocycles. The van der Waals surface area contributed by atoms with E-state index in [1.165, 1.54) is 11.5 Å². The van der Waals surface area contributed by atoms with Crippen LogP contribution in [0.4, 0.5) is 9.80 Å². The van der Waals surface area contributed by atoms with Gasteiger partial charge in [-0.2, -0.15) is 9.64 Å². The smallest absolute Gasteiger partial charge is 0.408 e. The fourth-order valence-electron chi connectivity index (χ4n) is 2.51. The second kappa shape index (κ2) is 8.10. The highest BCUT2D eigenvalue weighted by Crippen LogP contribution is 2.33. The Kier molecular flexibility index (Phi) is 6.31. The van der Waals surface area contributed by atoms with Crippen molar-refractivity contribution in [3.8, 4) is 6.07 Å². The van der Waals surface area contributed by atoms with Gasteiger partial charge in [-0.3, -0.25) is 4.79 Å². The molecule has 0 radical (unpaired) electrons. The third-order valence-corrected chi connectivity index (χ3v) is 4.98. The fraction of sp³-hybridized carbons (Fsp3) is 0.625. The zero-order chi connectivity index (χ0) is 19.5. The number of anilines is 1. The van der Waals surface area contributed by atoms with Crippen LogP contribution in [0.15, 0.2) is 0 Å². The third kappa shape index (κ3) is 5.22. The second-order valence-corrected chi connectivity index (χ2v) is 8.18. The van der Waals surface area contributed by atoms with Crippen LogP contribution < -0.4 is 15.5 Å². The fourth-order valence-corrected chi connectivity index (χ4v) is 3.58. The Hall–Kier alpha value is -2.05. The third-order valence-electron chi connectivity index (χ3n) is 3.69. The number of halogens is 1. The quantitative estimate of drug-likeness (QED) is 0.804. The number of nitrogens with one attached hydrogen (secondary N) is 2. The van der Waals surface area contributed by atoms with Crippen LogP contribution in [-0.2, 0) is 9.53 Å². The molecule has 1 saturated heterocycles. The molecular formula is C16H22ClN5O3S. The summed E-state index contributed by atoms with van der Waals surface area (Å²) in [6.45, 7) is 8.11. The Bertz CT molecular complexity index is 724. The Balaban J connectivity index is 1.87. The molecule has 1 fully saturated rings. The number of nitriles is 1. The van der Waals surface area contributed by atoms with Gasteiger partial charge in [-0.25, -0.2) is 4.79 Å². The summed E-state index contributed by atoms with van der Waals surface area (Å²) in [5.41, 5.74) is -0.260. The number of nitrogens with zero attached hydrogens (tertiary/aromatic N) is 3. The molecule has 26 heavy (non-hydrogen) atoms. The van der Waals surface area contributed by atoms with Gasteiger partial charge in [0.05, 0.1) is 0 Å². The molecule has 2 heterocycles. The van der Waals surface area contributed by atoms with Crippen molar-refractivity contribution in [3.05, 3.63) is 10.7 Å². The van der Waals surface area contributed by atoms with Gasteiger partial charge in [-0.1, -0.05) is 11.6 Å². The van der Waals surface area contributed by atoms with E-state index < -0.39 is 17.7 Å². The molecular weight excluding hydrogens is 378 g/mol. The summed E-state index contributed by atoms with van der Waals surface area (Å²) in [5, 5.41) is 15.5. The van der Waals surface area contributed by atoms with Gasteiger partial charge in [-0.05, 0) is 45.6 Å². The summed E-state index contributed by atoms with van der Waals surface area (Å²) in [6.07, 6.45) is 0.0943. The highest BCUT2D eigenvalue weighted by Gasteiger charge is 2.29.